The van der Waals surface area contributed by atoms with E-state index in [0.29, 0.717) is 6.54 Å². The van der Waals surface area contributed by atoms with Gasteiger partial charge in [0.05, 0.1) is 12.1 Å². The number of aliphatic hydroxyl groups is 1. The summed E-state index contributed by atoms with van der Waals surface area (Å²) in [7, 11) is -1.26. The molecular formula is C25H33F2N3O5S. The number of carbonyl (C=O) groups excluding carboxylic acids is 1. The third-order valence-corrected chi connectivity index (χ3v) is 6.37. The van der Waals surface area contributed by atoms with E-state index in [1.165, 1.54) is 6.26 Å². The number of nitrogens with one attached hydrogen (secondary N) is 3. The molecule has 2 aromatic rings. The van der Waals surface area contributed by atoms with Gasteiger partial charge < -0.3 is 26.2 Å². The van der Waals surface area contributed by atoms with E-state index in [0.717, 1.165) is 35.7 Å². The van der Waals surface area contributed by atoms with Crippen molar-refractivity contribution in [3.63, 3.8) is 0 Å². The van der Waals surface area contributed by atoms with Crippen molar-refractivity contribution >= 4 is 22.8 Å². The van der Waals surface area contributed by atoms with Crippen LogP contribution in [0.25, 0.3) is 0 Å². The Morgan fingerprint density at radius 1 is 1.03 bits per heavy atom. The molecule has 1 unspecified atom stereocenters. The average molecular weight is 526 g/mol. The molecule has 36 heavy (non-hydrogen) atoms. The van der Waals surface area contributed by atoms with Crippen LogP contribution in [0.15, 0.2) is 42.5 Å². The van der Waals surface area contributed by atoms with Gasteiger partial charge in [0, 0.05) is 42.0 Å². The molecule has 0 spiro atoms. The van der Waals surface area contributed by atoms with Gasteiger partial charge in [-0.1, -0.05) is 31.2 Å². The Labute approximate surface area is 211 Å². The first-order chi connectivity index (χ1) is 17.1. The normalized spacial score (nSPS) is 14.5. The Morgan fingerprint density at radius 2 is 1.69 bits per heavy atom. The molecular weight excluding hydrogens is 492 g/mol. The van der Waals surface area contributed by atoms with Gasteiger partial charge in [0.15, 0.2) is 0 Å². The smallest absolute Gasteiger partial charge is 0.405 e. The molecule has 0 radical (unpaired) electrons. The van der Waals surface area contributed by atoms with Crippen LogP contribution in [-0.2, 0) is 35.0 Å². The number of benzene rings is 2. The molecule has 2 amide bonds. The molecule has 0 heterocycles. The number of carbonyl (C=O) groups is 2. The van der Waals surface area contributed by atoms with Crippen LogP contribution in [0.1, 0.15) is 30.0 Å². The monoisotopic (exact) mass is 525 g/mol. The van der Waals surface area contributed by atoms with E-state index in [-0.39, 0.29) is 30.7 Å². The molecule has 8 nitrogen and oxygen atoms in total. The van der Waals surface area contributed by atoms with Crippen LogP contribution in [0.5, 0.6) is 0 Å². The van der Waals surface area contributed by atoms with Gasteiger partial charge in [-0.05, 0) is 48.1 Å². The molecule has 0 aliphatic carbocycles. The second kappa shape index (κ2) is 14.6. The number of hydrogen-bond acceptors (Lipinski definition) is 5. The number of amides is 2. The van der Waals surface area contributed by atoms with E-state index in [1.54, 1.807) is 0 Å². The van der Waals surface area contributed by atoms with E-state index >= 15 is 0 Å². The standard InChI is InChI=1S/C25H33F2N3O5S/c1-3-16-5-4-6-17(9-16)14-28-15-23(31)22(12-18-10-19(26)13-20(27)11-18)29-24(32)21(30-25(33)34)7-8-36(2)35/h4-6,9-11,13,21-23,28,30-31H,3,7-8,12,14-15H2,1-2H3,(H,29,32)(H,33,34)/t21-,22+,23-,36?/m1/s1. The molecule has 0 aliphatic rings. The summed E-state index contributed by atoms with van der Waals surface area (Å²) in [6, 6.07) is 8.65. The minimum atomic E-state index is -1.43. The van der Waals surface area contributed by atoms with E-state index in [2.05, 4.69) is 16.0 Å². The number of aliphatic hydroxyl groups excluding tert-OH is 1. The van der Waals surface area contributed by atoms with E-state index < -0.39 is 52.6 Å². The summed E-state index contributed by atoms with van der Waals surface area (Å²) in [5, 5.41) is 27.8. The molecule has 2 aromatic carbocycles. The molecule has 0 saturated carbocycles. The second-order valence-corrected chi connectivity index (χ2v) is 10.1. The number of hydrogen-bond donors (Lipinski definition) is 5. The zero-order chi connectivity index (χ0) is 26.7. The number of aryl methyl sites for hydroxylation is 1. The largest absolute Gasteiger partial charge is 0.465 e. The van der Waals surface area contributed by atoms with Crippen molar-refractivity contribution in [2.45, 2.75) is 50.9 Å². The fourth-order valence-electron chi connectivity index (χ4n) is 3.72. The van der Waals surface area contributed by atoms with Gasteiger partial charge in [-0.2, -0.15) is 0 Å². The van der Waals surface area contributed by atoms with Crippen LogP contribution < -0.4 is 16.0 Å². The van der Waals surface area contributed by atoms with Gasteiger partial charge in [0.25, 0.3) is 0 Å². The quantitative estimate of drug-likeness (QED) is 0.257. The molecule has 2 rings (SSSR count). The van der Waals surface area contributed by atoms with Crippen LogP contribution in [0.3, 0.4) is 0 Å². The van der Waals surface area contributed by atoms with Crippen molar-refractivity contribution in [1.82, 2.24) is 16.0 Å². The van der Waals surface area contributed by atoms with Crippen LogP contribution in [0.2, 0.25) is 0 Å². The zero-order valence-corrected chi connectivity index (χ0v) is 21.1. The van der Waals surface area contributed by atoms with Gasteiger partial charge in [0.2, 0.25) is 5.91 Å². The number of carboxylic acid groups (broad SMARTS) is 1. The van der Waals surface area contributed by atoms with Crippen LogP contribution >= 0.6 is 0 Å². The fourth-order valence-corrected chi connectivity index (χ4v) is 4.28. The summed E-state index contributed by atoms with van der Waals surface area (Å²) in [6.45, 7) is 2.55. The minimum Gasteiger partial charge on any atom is -0.465 e. The highest BCUT2D eigenvalue weighted by Crippen LogP contribution is 2.13. The average Bonchev–Trinajstić information content (AvgIpc) is 2.80. The third-order valence-electron chi connectivity index (χ3n) is 5.56. The van der Waals surface area contributed by atoms with Gasteiger partial charge in [-0.25, -0.2) is 13.6 Å². The Bertz CT molecular complexity index is 1040. The maximum absolute atomic E-state index is 13.7. The van der Waals surface area contributed by atoms with Gasteiger partial charge >= 0.3 is 6.09 Å². The molecule has 198 valence electrons. The molecule has 0 saturated heterocycles. The minimum absolute atomic E-state index is 0.0231. The van der Waals surface area contributed by atoms with Crippen LogP contribution in [-0.4, -0.2) is 63.2 Å². The predicted octanol–water partition coefficient (Wildman–Crippen LogP) is 2.11. The van der Waals surface area contributed by atoms with Crippen molar-refractivity contribution in [2.24, 2.45) is 0 Å². The highest BCUT2D eigenvalue weighted by molar-refractivity contribution is 7.84. The summed E-state index contributed by atoms with van der Waals surface area (Å²) < 4.78 is 38.9. The Morgan fingerprint density at radius 3 is 2.31 bits per heavy atom. The van der Waals surface area contributed by atoms with Gasteiger partial charge in [-0.3, -0.25) is 9.00 Å². The highest BCUT2D eigenvalue weighted by atomic mass is 32.2. The SMILES string of the molecule is CCc1cccc(CNC[C@@H](O)[C@H](Cc2cc(F)cc(F)c2)NC(=O)[C@@H](CCS(C)=O)NC(=O)O)c1. The number of rotatable bonds is 14. The summed E-state index contributed by atoms with van der Waals surface area (Å²) in [4.78, 5) is 24.0. The molecule has 4 atom stereocenters. The summed E-state index contributed by atoms with van der Waals surface area (Å²) in [5.41, 5.74) is 2.38. The molecule has 0 bridgehead atoms. The molecule has 0 aliphatic heterocycles. The first-order valence-corrected chi connectivity index (χ1v) is 13.3. The van der Waals surface area contributed by atoms with Crippen molar-refractivity contribution in [3.8, 4) is 0 Å². The lowest BCUT2D eigenvalue weighted by Gasteiger charge is -2.27. The van der Waals surface area contributed by atoms with E-state index in [1.807, 2.05) is 31.2 Å². The van der Waals surface area contributed by atoms with Crippen LogP contribution in [0, 0.1) is 11.6 Å². The second-order valence-electron chi connectivity index (χ2n) is 8.54. The molecule has 5 N–H and O–H groups in total. The van der Waals surface area contributed by atoms with Gasteiger partial charge in [0.1, 0.15) is 17.7 Å². The van der Waals surface area contributed by atoms with Crippen molar-refractivity contribution < 1.29 is 32.8 Å². The third kappa shape index (κ3) is 10.4. The van der Waals surface area contributed by atoms with Crippen molar-refractivity contribution in [1.29, 1.82) is 0 Å². The fraction of sp³-hybridized carbons (Fsp3) is 0.440. The van der Waals surface area contributed by atoms with E-state index in [9.17, 15) is 27.7 Å². The Balaban J connectivity index is 2.14. The Kier molecular flexibility index (Phi) is 11.9. The summed E-state index contributed by atoms with van der Waals surface area (Å²) >= 11 is 0. The maximum atomic E-state index is 13.7. The topological polar surface area (TPSA) is 128 Å². The molecule has 0 aromatic heterocycles. The van der Waals surface area contributed by atoms with Crippen molar-refractivity contribution in [2.75, 3.05) is 18.6 Å². The zero-order valence-electron chi connectivity index (χ0n) is 20.3. The first-order valence-electron chi connectivity index (χ1n) is 11.6. The lowest BCUT2D eigenvalue weighted by Crippen LogP contribution is -2.55. The lowest BCUT2D eigenvalue weighted by atomic mass is 9.99. The Hall–Kier alpha value is -2.89. The van der Waals surface area contributed by atoms with E-state index in [4.69, 9.17) is 5.11 Å². The number of halogens is 2. The maximum Gasteiger partial charge on any atom is 0.405 e. The summed E-state index contributed by atoms with van der Waals surface area (Å²) in [5.74, 6) is -2.25. The first kappa shape index (κ1) is 29.3. The predicted molar refractivity (Wildman–Crippen MR) is 134 cm³/mol. The lowest BCUT2D eigenvalue weighted by molar-refractivity contribution is -0.124. The summed E-state index contributed by atoms with van der Waals surface area (Å²) in [6.07, 6.45) is -0.411. The van der Waals surface area contributed by atoms with Crippen molar-refractivity contribution in [3.05, 3.63) is 70.8 Å². The molecule has 0 fully saturated rings. The molecule has 11 heteroatoms. The van der Waals surface area contributed by atoms with Gasteiger partial charge in [-0.15, -0.1) is 0 Å². The highest BCUT2D eigenvalue weighted by Gasteiger charge is 2.27. The van der Waals surface area contributed by atoms with Crippen LogP contribution in [0.4, 0.5) is 13.6 Å².